The number of carbonyl (C=O) groups excluding carboxylic acids is 3. The van der Waals surface area contributed by atoms with Crippen molar-refractivity contribution in [3.8, 4) is 0 Å². The van der Waals surface area contributed by atoms with E-state index in [9.17, 15) is 14.4 Å². The van der Waals surface area contributed by atoms with Crippen molar-refractivity contribution >= 4 is 18.0 Å². The lowest BCUT2D eigenvalue weighted by Crippen LogP contribution is -2.20. The molecule has 0 fully saturated rings. The van der Waals surface area contributed by atoms with Crippen LogP contribution < -0.4 is 5.32 Å². The zero-order valence-electron chi connectivity index (χ0n) is 9.73. The number of methoxy groups -OCH3 is 1. The Bertz CT molecular complexity index is 299. The highest BCUT2D eigenvalue weighted by molar-refractivity contribution is 5.91. The summed E-state index contributed by atoms with van der Waals surface area (Å²) < 4.78 is 13.6. The normalized spacial score (nSPS) is 9.76. The summed E-state index contributed by atoms with van der Waals surface area (Å²) in [5.74, 6) is -1.29. The first kappa shape index (κ1) is 14.9. The van der Waals surface area contributed by atoms with Crippen LogP contribution >= 0.6 is 0 Å². The van der Waals surface area contributed by atoms with E-state index in [0.717, 1.165) is 12.2 Å². The van der Waals surface area contributed by atoms with E-state index in [1.165, 1.54) is 14.2 Å². The second kappa shape index (κ2) is 9.20. The van der Waals surface area contributed by atoms with Crippen LogP contribution in [-0.2, 0) is 23.8 Å². The molecule has 0 bridgehead atoms. The SMILES string of the molecule is CNC(=O)OCCCOC(=O)/C=C/C(=O)OC. The number of esters is 2. The second-order valence-corrected chi connectivity index (χ2v) is 2.76. The Morgan fingerprint density at radius 1 is 1.06 bits per heavy atom. The first-order valence-electron chi connectivity index (χ1n) is 4.87. The van der Waals surface area contributed by atoms with Gasteiger partial charge in [0.25, 0.3) is 0 Å². The lowest BCUT2D eigenvalue weighted by atomic mass is 10.4. The highest BCUT2D eigenvalue weighted by Gasteiger charge is 2.00. The fourth-order valence-electron chi connectivity index (χ4n) is 0.721. The van der Waals surface area contributed by atoms with Gasteiger partial charge in [0.2, 0.25) is 0 Å². The third kappa shape index (κ3) is 8.91. The van der Waals surface area contributed by atoms with Gasteiger partial charge in [-0.15, -0.1) is 0 Å². The van der Waals surface area contributed by atoms with Crippen LogP contribution in [0.5, 0.6) is 0 Å². The molecule has 0 radical (unpaired) electrons. The van der Waals surface area contributed by atoms with E-state index in [1.54, 1.807) is 0 Å². The van der Waals surface area contributed by atoms with Crippen LogP contribution in [0.2, 0.25) is 0 Å². The lowest BCUT2D eigenvalue weighted by Gasteiger charge is -2.03. The van der Waals surface area contributed by atoms with Gasteiger partial charge in [-0.2, -0.15) is 0 Å². The summed E-state index contributed by atoms with van der Waals surface area (Å²) >= 11 is 0. The predicted octanol–water partition coefficient (Wildman–Crippen LogP) is 0.00490. The lowest BCUT2D eigenvalue weighted by molar-refractivity contribution is -0.139. The van der Waals surface area contributed by atoms with Crippen molar-refractivity contribution < 1.29 is 28.6 Å². The molecule has 0 aromatic rings. The van der Waals surface area contributed by atoms with E-state index in [4.69, 9.17) is 4.74 Å². The smallest absolute Gasteiger partial charge is 0.406 e. The molecular weight excluding hydrogens is 230 g/mol. The Morgan fingerprint density at radius 2 is 1.65 bits per heavy atom. The van der Waals surface area contributed by atoms with Crippen LogP contribution in [0.15, 0.2) is 12.2 Å². The zero-order chi connectivity index (χ0) is 13.1. The van der Waals surface area contributed by atoms with Crippen molar-refractivity contribution in [3.63, 3.8) is 0 Å². The minimum Gasteiger partial charge on any atom is -0.466 e. The molecule has 96 valence electrons. The topological polar surface area (TPSA) is 90.9 Å². The number of hydrogen-bond donors (Lipinski definition) is 1. The molecule has 0 atom stereocenters. The van der Waals surface area contributed by atoms with Gasteiger partial charge in [-0.05, 0) is 0 Å². The van der Waals surface area contributed by atoms with Gasteiger partial charge in [0.1, 0.15) is 0 Å². The largest absolute Gasteiger partial charge is 0.466 e. The van der Waals surface area contributed by atoms with Crippen LogP contribution in [0.4, 0.5) is 4.79 Å². The Morgan fingerprint density at radius 3 is 2.24 bits per heavy atom. The fraction of sp³-hybridized carbons (Fsp3) is 0.500. The van der Waals surface area contributed by atoms with Crippen molar-refractivity contribution in [2.24, 2.45) is 0 Å². The van der Waals surface area contributed by atoms with Crippen LogP contribution in [0.1, 0.15) is 6.42 Å². The van der Waals surface area contributed by atoms with E-state index < -0.39 is 18.0 Å². The molecule has 0 saturated heterocycles. The Hall–Kier alpha value is -2.05. The van der Waals surface area contributed by atoms with E-state index in [2.05, 4.69) is 14.8 Å². The number of hydrogen-bond acceptors (Lipinski definition) is 6. The monoisotopic (exact) mass is 245 g/mol. The molecule has 0 aromatic carbocycles. The number of alkyl carbamates (subject to hydrolysis) is 1. The van der Waals surface area contributed by atoms with Crippen molar-refractivity contribution in [2.75, 3.05) is 27.4 Å². The fourth-order valence-corrected chi connectivity index (χ4v) is 0.721. The van der Waals surface area contributed by atoms with Gasteiger partial charge in [0, 0.05) is 25.6 Å². The summed E-state index contributed by atoms with van der Waals surface area (Å²) in [5.41, 5.74) is 0. The van der Waals surface area contributed by atoms with Crippen molar-refractivity contribution in [3.05, 3.63) is 12.2 Å². The van der Waals surface area contributed by atoms with Gasteiger partial charge in [0.15, 0.2) is 0 Å². The van der Waals surface area contributed by atoms with Gasteiger partial charge in [-0.3, -0.25) is 0 Å². The van der Waals surface area contributed by atoms with Crippen molar-refractivity contribution in [1.82, 2.24) is 5.32 Å². The van der Waals surface area contributed by atoms with Crippen LogP contribution in [0, 0.1) is 0 Å². The first-order chi connectivity index (χ1) is 8.10. The Balaban J connectivity index is 3.55. The molecule has 0 saturated carbocycles. The molecule has 0 spiro atoms. The standard InChI is InChI=1S/C10H15NO6/c1-11-10(14)17-7-3-6-16-9(13)5-4-8(12)15-2/h4-5H,3,6-7H2,1-2H3,(H,11,14)/b5-4+. The number of carbonyl (C=O) groups is 3. The maximum Gasteiger partial charge on any atom is 0.406 e. The number of nitrogens with one attached hydrogen (secondary N) is 1. The van der Waals surface area contributed by atoms with E-state index in [-0.39, 0.29) is 13.2 Å². The third-order valence-corrected chi connectivity index (χ3v) is 1.53. The maximum atomic E-state index is 11.0. The average Bonchev–Trinajstić information content (AvgIpc) is 2.34. The molecule has 0 aliphatic carbocycles. The van der Waals surface area contributed by atoms with Gasteiger partial charge in [0.05, 0.1) is 20.3 Å². The van der Waals surface area contributed by atoms with Crippen LogP contribution in [-0.4, -0.2) is 45.4 Å². The zero-order valence-corrected chi connectivity index (χ0v) is 9.73. The first-order valence-corrected chi connectivity index (χ1v) is 4.87. The molecule has 17 heavy (non-hydrogen) atoms. The minimum absolute atomic E-state index is 0.0986. The molecule has 1 amide bonds. The van der Waals surface area contributed by atoms with Crippen LogP contribution in [0.25, 0.3) is 0 Å². The second-order valence-electron chi connectivity index (χ2n) is 2.76. The third-order valence-electron chi connectivity index (χ3n) is 1.53. The number of ether oxygens (including phenoxy) is 3. The quantitative estimate of drug-likeness (QED) is 0.306. The molecule has 0 aromatic heterocycles. The van der Waals surface area contributed by atoms with Gasteiger partial charge in [-0.1, -0.05) is 0 Å². The maximum absolute atomic E-state index is 11.0. The number of rotatable bonds is 6. The molecule has 0 heterocycles. The summed E-state index contributed by atoms with van der Waals surface area (Å²) in [5, 5.41) is 2.27. The summed E-state index contributed by atoms with van der Waals surface area (Å²) in [6.45, 7) is 0.245. The summed E-state index contributed by atoms with van der Waals surface area (Å²) in [7, 11) is 2.65. The highest BCUT2D eigenvalue weighted by atomic mass is 16.6. The molecule has 7 heteroatoms. The number of amides is 1. The Labute approximate surface area is 98.7 Å². The van der Waals surface area contributed by atoms with E-state index >= 15 is 0 Å². The molecule has 0 aliphatic heterocycles. The van der Waals surface area contributed by atoms with E-state index in [0.29, 0.717) is 6.42 Å². The average molecular weight is 245 g/mol. The van der Waals surface area contributed by atoms with Gasteiger partial charge >= 0.3 is 18.0 Å². The van der Waals surface area contributed by atoms with Crippen LogP contribution in [0.3, 0.4) is 0 Å². The van der Waals surface area contributed by atoms with Gasteiger partial charge in [-0.25, -0.2) is 14.4 Å². The molecule has 7 nitrogen and oxygen atoms in total. The van der Waals surface area contributed by atoms with E-state index in [1.807, 2.05) is 0 Å². The molecule has 0 unspecified atom stereocenters. The van der Waals surface area contributed by atoms with Crippen molar-refractivity contribution in [2.45, 2.75) is 6.42 Å². The molecular formula is C10H15NO6. The molecule has 1 N–H and O–H groups in total. The summed E-state index contributed by atoms with van der Waals surface area (Å²) in [4.78, 5) is 32.2. The molecule has 0 rings (SSSR count). The van der Waals surface area contributed by atoms with Crippen molar-refractivity contribution in [1.29, 1.82) is 0 Å². The van der Waals surface area contributed by atoms with Gasteiger partial charge < -0.3 is 19.5 Å². The molecule has 0 aliphatic rings. The summed E-state index contributed by atoms with van der Waals surface area (Å²) in [6, 6.07) is 0. The Kier molecular flexibility index (Phi) is 8.09. The minimum atomic E-state index is -0.657. The summed E-state index contributed by atoms with van der Waals surface area (Å²) in [6.07, 6.45) is 1.77. The predicted molar refractivity (Wildman–Crippen MR) is 57.1 cm³/mol. The highest BCUT2D eigenvalue weighted by Crippen LogP contribution is 1.89.